The Kier molecular flexibility index (Phi) is 6.85. The molecule has 176 valence electrons. The van der Waals surface area contributed by atoms with Crippen LogP contribution in [0.4, 0.5) is 10.5 Å². The lowest BCUT2D eigenvalue weighted by Gasteiger charge is -2.37. The molecule has 10 heteroatoms. The molecule has 3 aliphatic rings. The molecule has 0 spiro atoms. The van der Waals surface area contributed by atoms with Crippen molar-refractivity contribution in [3.05, 3.63) is 29.8 Å². The number of rotatable bonds is 5. The molecule has 0 aliphatic carbocycles. The van der Waals surface area contributed by atoms with Crippen molar-refractivity contribution in [2.75, 3.05) is 50.8 Å². The minimum absolute atomic E-state index is 0.183. The SMILES string of the molecule is Cc1ccc(N2C(=O)N(CN3CCN(S(=O)(=O)N4CCCCCC4)CC3)C(=O)C2C)cc1. The summed E-state index contributed by atoms with van der Waals surface area (Å²) in [6.45, 7) is 6.79. The lowest BCUT2D eigenvalue weighted by molar-refractivity contribution is -0.128. The van der Waals surface area contributed by atoms with Gasteiger partial charge in [0.15, 0.2) is 0 Å². The molecular formula is C22H33N5O4S. The molecule has 9 nitrogen and oxygen atoms in total. The van der Waals surface area contributed by atoms with E-state index in [2.05, 4.69) is 0 Å². The first-order chi connectivity index (χ1) is 15.3. The number of imide groups is 1. The van der Waals surface area contributed by atoms with Crippen molar-refractivity contribution in [1.29, 1.82) is 0 Å². The van der Waals surface area contributed by atoms with E-state index in [9.17, 15) is 18.0 Å². The number of amides is 3. The Morgan fingerprint density at radius 3 is 2.00 bits per heavy atom. The zero-order valence-corrected chi connectivity index (χ0v) is 19.8. The van der Waals surface area contributed by atoms with Crippen LogP contribution in [0.1, 0.15) is 38.2 Å². The highest BCUT2D eigenvalue weighted by atomic mass is 32.2. The molecule has 0 radical (unpaired) electrons. The van der Waals surface area contributed by atoms with Crippen molar-refractivity contribution < 1.29 is 18.0 Å². The van der Waals surface area contributed by atoms with E-state index in [4.69, 9.17) is 0 Å². The van der Waals surface area contributed by atoms with Crippen LogP contribution in [0.25, 0.3) is 0 Å². The zero-order chi connectivity index (χ0) is 22.9. The lowest BCUT2D eigenvalue weighted by Crippen LogP contribution is -2.55. The third kappa shape index (κ3) is 4.54. The highest BCUT2D eigenvalue weighted by molar-refractivity contribution is 7.86. The maximum Gasteiger partial charge on any atom is 0.333 e. The Bertz CT molecular complexity index is 936. The number of benzene rings is 1. The molecule has 1 aromatic carbocycles. The molecule has 0 N–H and O–H groups in total. The van der Waals surface area contributed by atoms with Gasteiger partial charge in [-0.15, -0.1) is 0 Å². The summed E-state index contributed by atoms with van der Waals surface area (Å²) in [5, 5.41) is 0. The molecule has 0 aromatic heterocycles. The largest absolute Gasteiger partial charge is 0.333 e. The first-order valence-electron chi connectivity index (χ1n) is 11.5. The van der Waals surface area contributed by atoms with Crippen LogP contribution in [0, 0.1) is 6.92 Å². The summed E-state index contributed by atoms with van der Waals surface area (Å²) in [7, 11) is -3.45. The smallest absolute Gasteiger partial charge is 0.283 e. The fourth-order valence-electron chi connectivity index (χ4n) is 4.63. The quantitative estimate of drug-likeness (QED) is 0.623. The first kappa shape index (κ1) is 23.2. The summed E-state index contributed by atoms with van der Waals surface area (Å²) in [5.41, 5.74) is 1.79. The van der Waals surface area contributed by atoms with E-state index in [-0.39, 0.29) is 18.6 Å². The van der Waals surface area contributed by atoms with E-state index in [0.717, 1.165) is 31.2 Å². The molecule has 3 amide bonds. The van der Waals surface area contributed by atoms with Crippen LogP contribution in [-0.2, 0) is 15.0 Å². The van der Waals surface area contributed by atoms with E-state index >= 15 is 0 Å². The highest BCUT2D eigenvalue weighted by Gasteiger charge is 2.44. The first-order valence-corrected chi connectivity index (χ1v) is 12.9. The lowest BCUT2D eigenvalue weighted by atomic mass is 10.2. The molecule has 32 heavy (non-hydrogen) atoms. The van der Waals surface area contributed by atoms with E-state index < -0.39 is 16.3 Å². The summed E-state index contributed by atoms with van der Waals surface area (Å²) in [5.74, 6) is -0.227. The Labute approximate surface area is 190 Å². The van der Waals surface area contributed by atoms with Crippen LogP contribution < -0.4 is 4.90 Å². The monoisotopic (exact) mass is 463 g/mol. The molecule has 1 aromatic rings. The van der Waals surface area contributed by atoms with Gasteiger partial charge in [0.05, 0.1) is 6.67 Å². The third-order valence-electron chi connectivity index (χ3n) is 6.65. The standard InChI is InChI=1S/C22H33N5O4S/c1-18-7-9-20(10-8-18)27-19(2)21(28)26(22(27)29)17-23-13-15-25(16-14-23)32(30,31)24-11-5-3-4-6-12-24/h7-10,19H,3-6,11-17H2,1-2H3. The molecule has 0 saturated carbocycles. The van der Waals surface area contributed by atoms with Crippen LogP contribution in [0.5, 0.6) is 0 Å². The number of urea groups is 1. The van der Waals surface area contributed by atoms with Crippen molar-refractivity contribution in [1.82, 2.24) is 18.4 Å². The Morgan fingerprint density at radius 1 is 0.844 bits per heavy atom. The highest BCUT2D eigenvalue weighted by Crippen LogP contribution is 2.26. The third-order valence-corrected chi connectivity index (χ3v) is 8.69. The molecule has 0 bridgehead atoms. The second-order valence-electron chi connectivity index (χ2n) is 8.91. The average molecular weight is 464 g/mol. The number of carbonyl (C=O) groups excluding carboxylic acids is 2. The molecule has 1 unspecified atom stereocenters. The van der Waals surface area contributed by atoms with Gasteiger partial charge in [-0.2, -0.15) is 17.0 Å². The van der Waals surface area contributed by atoms with Gasteiger partial charge in [0, 0.05) is 45.0 Å². The molecule has 3 saturated heterocycles. The maximum atomic E-state index is 13.0. The number of piperazine rings is 1. The van der Waals surface area contributed by atoms with Gasteiger partial charge < -0.3 is 0 Å². The summed E-state index contributed by atoms with van der Waals surface area (Å²) >= 11 is 0. The maximum absolute atomic E-state index is 13.0. The summed E-state index contributed by atoms with van der Waals surface area (Å²) in [4.78, 5) is 30.7. The van der Waals surface area contributed by atoms with Crippen LogP contribution >= 0.6 is 0 Å². The van der Waals surface area contributed by atoms with Crippen molar-refractivity contribution in [2.45, 2.75) is 45.6 Å². The number of nitrogens with zero attached hydrogens (tertiary/aromatic N) is 5. The Hall–Kier alpha value is -2.01. The number of carbonyl (C=O) groups is 2. The molecular weight excluding hydrogens is 430 g/mol. The van der Waals surface area contributed by atoms with E-state index in [1.807, 2.05) is 36.1 Å². The fourth-order valence-corrected chi connectivity index (χ4v) is 6.30. The van der Waals surface area contributed by atoms with Gasteiger partial charge in [-0.05, 0) is 38.8 Å². The number of anilines is 1. The van der Waals surface area contributed by atoms with Gasteiger partial charge in [0.1, 0.15) is 6.04 Å². The normalized spacial score (nSPS) is 24.9. The van der Waals surface area contributed by atoms with E-state index in [0.29, 0.717) is 45.0 Å². The summed E-state index contributed by atoms with van der Waals surface area (Å²) in [6.07, 6.45) is 3.98. The second kappa shape index (κ2) is 9.46. The van der Waals surface area contributed by atoms with Gasteiger partial charge in [-0.3, -0.25) is 14.6 Å². The fraction of sp³-hybridized carbons (Fsp3) is 0.636. The minimum Gasteiger partial charge on any atom is -0.283 e. The van der Waals surface area contributed by atoms with E-state index in [1.54, 1.807) is 15.5 Å². The van der Waals surface area contributed by atoms with Gasteiger partial charge in [-0.1, -0.05) is 30.5 Å². The van der Waals surface area contributed by atoms with Crippen molar-refractivity contribution in [2.24, 2.45) is 0 Å². The van der Waals surface area contributed by atoms with Crippen molar-refractivity contribution in [3.63, 3.8) is 0 Å². The van der Waals surface area contributed by atoms with Crippen LogP contribution in [-0.4, -0.2) is 90.7 Å². The molecule has 4 rings (SSSR count). The van der Waals surface area contributed by atoms with Crippen molar-refractivity contribution in [3.8, 4) is 0 Å². The average Bonchev–Trinajstić information content (AvgIpc) is 2.99. The number of aryl methyl sites for hydroxylation is 1. The Morgan fingerprint density at radius 2 is 1.41 bits per heavy atom. The number of hydrogen-bond acceptors (Lipinski definition) is 5. The second-order valence-corrected chi connectivity index (χ2v) is 10.8. The van der Waals surface area contributed by atoms with Crippen molar-refractivity contribution >= 4 is 27.8 Å². The number of hydrogen-bond donors (Lipinski definition) is 0. The van der Waals surface area contributed by atoms with Gasteiger partial charge in [-0.25, -0.2) is 9.69 Å². The van der Waals surface area contributed by atoms with Gasteiger partial charge >= 0.3 is 6.03 Å². The predicted octanol–water partition coefficient (Wildman–Crippen LogP) is 1.85. The molecule has 1 atom stereocenters. The zero-order valence-electron chi connectivity index (χ0n) is 18.9. The molecule has 3 heterocycles. The topological polar surface area (TPSA) is 84.5 Å². The molecule has 3 aliphatic heterocycles. The van der Waals surface area contributed by atoms with E-state index in [1.165, 1.54) is 9.80 Å². The predicted molar refractivity (Wildman–Crippen MR) is 122 cm³/mol. The van der Waals surface area contributed by atoms with Gasteiger partial charge in [0.25, 0.3) is 16.1 Å². The summed E-state index contributed by atoms with van der Waals surface area (Å²) < 4.78 is 29.2. The van der Waals surface area contributed by atoms with Crippen LogP contribution in [0.15, 0.2) is 24.3 Å². The minimum atomic E-state index is -3.45. The molecule has 3 fully saturated rings. The summed E-state index contributed by atoms with van der Waals surface area (Å²) in [6, 6.07) is 6.67. The van der Waals surface area contributed by atoms with Crippen LogP contribution in [0.3, 0.4) is 0 Å². The van der Waals surface area contributed by atoms with Crippen LogP contribution in [0.2, 0.25) is 0 Å². The Balaban J connectivity index is 1.37. The van der Waals surface area contributed by atoms with Gasteiger partial charge in [0.2, 0.25) is 0 Å².